The van der Waals surface area contributed by atoms with Crippen LogP contribution in [0.3, 0.4) is 0 Å². The Bertz CT molecular complexity index is 1220. The van der Waals surface area contributed by atoms with Crippen LogP contribution in [0.1, 0.15) is 25.3 Å². The van der Waals surface area contributed by atoms with Crippen LogP contribution in [-0.2, 0) is 11.3 Å². The van der Waals surface area contributed by atoms with Crippen molar-refractivity contribution < 1.29 is 4.79 Å². The van der Waals surface area contributed by atoms with E-state index in [-0.39, 0.29) is 23.7 Å². The predicted octanol–water partition coefficient (Wildman–Crippen LogP) is 2.86. The summed E-state index contributed by atoms with van der Waals surface area (Å²) in [5.74, 6) is -0.330. The maximum atomic E-state index is 12.1. The Kier molecular flexibility index (Phi) is 6.25. The zero-order valence-corrected chi connectivity index (χ0v) is 20.7. The van der Waals surface area contributed by atoms with E-state index < -0.39 is 0 Å². The number of primary amides is 1. The molecular formula is C27H35N7O. The molecule has 1 amide bonds. The van der Waals surface area contributed by atoms with Gasteiger partial charge in [-0.3, -0.25) is 20.1 Å². The smallest absolute Gasteiger partial charge is 0.221 e. The van der Waals surface area contributed by atoms with Crippen LogP contribution in [-0.4, -0.2) is 64.9 Å². The van der Waals surface area contributed by atoms with E-state index in [0.717, 1.165) is 42.5 Å². The van der Waals surface area contributed by atoms with Gasteiger partial charge >= 0.3 is 0 Å². The lowest BCUT2D eigenvalue weighted by atomic mass is 9.79. The Labute approximate surface area is 206 Å². The van der Waals surface area contributed by atoms with Crippen molar-refractivity contribution in [3.05, 3.63) is 72.1 Å². The third-order valence-corrected chi connectivity index (χ3v) is 7.83. The molecule has 8 nitrogen and oxygen atoms in total. The second-order valence-corrected chi connectivity index (χ2v) is 9.93. The van der Waals surface area contributed by atoms with Crippen LogP contribution in [0, 0.1) is 5.92 Å². The van der Waals surface area contributed by atoms with Gasteiger partial charge in [-0.25, -0.2) is 0 Å². The molecule has 2 aromatic carbocycles. The van der Waals surface area contributed by atoms with E-state index in [1.807, 2.05) is 19.3 Å². The van der Waals surface area contributed by atoms with Crippen molar-refractivity contribution in [3.63, 3.8) is 0 Å². The summed E-state index contributed by atoms with van der Waals surface area (Å²) in [6, 6.07) is 16.9. The van der Waals surface area contributed by atoms with E-state index in [2.05, 4.69) is 92.7 Å². The Morgan fingerprint density at radius 2 is 2.06 bits per heavy atom. The van der Waals surface area contributed by atoms with Crippen molar-refractivity contribution >= 4 is 22.5 Å². The number of anilines is 1. The number of benzene rings is 2. The first kappa shape index (κ1) is 23.4. The van der Waals surface area contributed by atoms with Crippen LogP contribution in [0.5, 0.6) is 0 Å². The molecule has 5 rings (SSSR count). The number of carbonyl (C=O) groups is 1. The summed E-state index contributed by atoms with van der Waals surface area (Å²) >= 11 is 0. The van der Waals surface area contributed by atoms with Gasteiger partial charge in [0, 0.05) is 43.5 Å². The molecule has 3 atom stereocenters. The average Bonchev–Trinajstić information content (AvgIpc) is 3.33. The highest BCUT2D eigenvalue weighted by Crippen LogP contribution is 2.41. The maximum Gasteiger partial charge on any atom is 0.221 e. The number of piperidine rings is 1. The van der Waals surface area contributed by atoms with Crippen LogP contribution < -0.4 is 16.0 Å². The number of rotatable bonds is 6. The van der Waals surface area contributed by atoms with Crippen LogP contribution in [0.15, 0.2) is 66.5 Å². The second-order valence-electron chi connectivity index (χ2n) is 9.93. The number of amides is 1. The number of likely N-dealkylation sites (tertiary alicyclic amines) is 1. The number of nitrogens with zero attached hydrogens (tertiary/aromatic N) is 4. The van der Waals surface area contributed by atoms with E-state index in [9.17, 15) is 4.79 Å². The molecular weight excluding hydrogens is 438 g/mol. The van der Waals surface area contributed by atoms with E-state index >= 15 is 0 Å². The van der Waals surface area contributed by atoms with E-state index in [4.69, 9.17) is 5.73 Å². The average molecular weight is 474 g/mol. The Morgan fingerprint density at radius 1 is 1.26 bits per heavy atom. The Morgan fingerprint density at radius 3 is 2.80 bits per heavy atom. The predicted molar refractivity (Wildman–Crippen MR) is 139 cm³/mol. The molecule has 0 saturated carbocycles. The molecule has 0 bridgehead atoms. The first-order valence-electron chi connectivity index (χ1n) is 12.3. The molecule has 2 aliphatic rings. The Balaban J connectivity index is 1.47. The molecule has 2 aliphatic heterocycles. The highest BCUT2D eigenvalue weighted by Gasteiger charge is 2.45. The zero-order valence-electron chi connectivity index (χ0n) is 20.7. The summed E-state index contributed by atoms with van der Waals surface area (Å²) < 4.78 is 0. The van der Waals surface area contributed by atoms with Gasteiger partial charge in [0.25, 0.3) is 0 Å². The molecule has 35 heavy (non-hydrogen) atoms. The summed E-state index contributed by atoms with van der Waals surface area (Å²) in [6.07, 6.45) is 5.85. The van der Waals surface area contributed by atoms with Gasteiger partial charge in [0.05, 0.1) is 23.2 Å². The van der Waals surface area contributed by atoms with Crippen molar-refractivity contribution in [2.24, 2.45) is 11.7 Å². The quantitative estimate of drug-likeness (QED) is 0.510. The van der Waals surface area contributed by atoms with Crippen molar-refractivity contribution in [1.82, 2.24) is 25.3 Å². The minimum atomic E-state index is -0.217. The van der Waals surface area contributed by atoms with Crippen molar-refractivity contribution in [2.45, 2.75) is 38.1 Å². The van der Waals surface area contributed by atoms with Gasteiger partial charge in [-0.1, -0.05) is 30.3 Å². The van der Waals surface area contributed by atoms with Gasteiger partial charge in [-0.2, -0.15) is 5.10 Å². The highest BCUT2D eigenvalue weighted by atomic mass is 16.1. The minimum absolute atomic E-state index is 0.0142. The summed E-state index contributed by atoms with van der Waals surface area (Å²) in [6.45, 7) is 4.53. The fraction of sp³-hybridized carbons (Fsp3) is 0.407. The third-order valence-electron chi connectivity index (χ3n) is 7.83. The summed E-state index contributed by atoms with van der Waals surface area (Å²) in [7, 11) is 4.15. The minimum Gasteiger partial charge on any atom is -0.369 e. The molecule has 184 valence electrons. The zero-order chi connectivity index (χ0) is 24.6. The molecule has 0 radical (unpaired) electrons. The second kappa shape index (κ2) is 9.36. The van der Waals surface area contributed by atoms with Crippen molar-refractivity contribution in [1.29, 1.82) is 0 Å². The van der Waals surface area contributed by atoms with Gasteiger partial charge in [0.2, 0.25) is 5.91 Å². The third kappa shape index (κ3) is 4.28. The fourth-order valence-corrected chi connectivity index (χ4v) is 5.81. The molecule has 1 saturated heterocycles. The molecule has 1 fully saturated rings. The van der Waals surface area contributed by atoms with Crippen LogP contribution in [0.4, 0.5) is 5.69 Å². The Hall–Kier alpha value is -3.36. The topological polar surface area (TPSA) is 93.5 Å². The lowest BCUT2D eigenvalue weighted by Gasteiger charge is -2.54. The van der Waals surface area contributed by atoms with Gasteiger partial charge in [-0.05, 0) is 56.7 Å². The molecule has 1 aromatic heterocycles. The van der Waals surface area contributed by atoms with E-state index in [1.165, 1.54) is 11.3 Å². The highest BCUT2D eigenvalue weighted by molar-refractivity contribution is 5.82. The molecule has 4 N–H and O–H groups in total. The molecule has 3 heterocycles. The number of aromatic nitrogens is 2. The first-order chi connectivity index (χ1) is 16.9. The first-order valence-corrected chi connectivity index (χ1v) is 12.3. The van der Waals surface area contributed by atoms with Gasteiger partial charge < -0.3 is 15.5 Å². The van der Waals surface area contributed by atoms with Gasteiger partial charge in [0.15, 0.2) is 6.29 Å². The van der Waals surface area contributed by atoms with Crippen molar-refractivity contribution in [3.8, 4) is 0 Å². The number of carbonyl (C=O) groups excluding carboxylic acids is 1. The number of hydrogen-bond acceptors (Lipinski definition) is 6. The molecule has 1 unspecified atom stereocenters. The largest absolute Gasteiger partial charge is 0.369 e. The van der Waals surface area contributed by atoms with E-state index in [1.54, 1.807) is 0 Å². The number of aromatic amines is 1. The van der Waals surface area contributed by atoms with E-state index in [0.29, 0.717) is 6.54 Å². The SMILES string of the molecule is CNC1N(C)C([C@@]2(C)CC[C@H](C(N)=O)CN2Cc2ccccc2)=CCN1c1ccc2cn[nH]c2c1. The number of hydrogen-bond donors (Lipinski definition) is 3. The molecule has 0 aliphatic carbocycles. The monoisotopic (exact) mass is 473 g/mol. The maximum absolute atomic E-state index is 12.1. The lowest BCUT2D eigenvalue weighted by Crippen LogP contribution is -2.64. The normalized spacial score (nSPS) is 25.6. The van der Waals surface area contributed by atoms with Gasteiger partial charge in [0.1, 0.15) is 0 Å². The van der Waals surface area contributed by atoms with Crippen molar-refractivity contribution in [2.75, 3.05) is 32.1 Å². The standard InChI is InChI=1S/C27H35N7O/c1-27(13-11-21(25(28)35)18-33(27)17-19-7-5-4-6-8-19)24-12-14-34(26(29-2)32(24)3)22-10-9-20-16-30-31-23(20)15-22/h4-10,12,15-16,21,26,29H,11,13-14,17-18H2,1-3H3,(H2,28,35)(H,30,31)/t21-,26?,27+/m0/s1. The molecule has 8 heteroatoms. The summed E-state index contributed by atoms with van der Waals surface area (Å²) in [4.78, 5) is 19.3. The summed E-state index contributed by atoms with van der Waals surface area (Å²) in [5, 5.41) is 11.9. The summed E-state index contributed by atoms with van der Waals surface area (Å²) in [5.41, 5.74) is 10.2. The number of H-pyrrole nitrogens is 1. The number of nitrogens with two attached hydrogens (primary N) is 1. The van der Waals surface area contributed by atoms with Crippen LogP contribution in [0.2, 0.25) is 0 Å². The lowest BCUT2D eigenvalue weighted by molar-refractivity contribution is -0.125. The van der Waals surface area contributed by atoms with Crippen LogP contribution >= 0.6 is 0 Å². The number of likely N-dealkylation sites (N-methyl/N-ethyl adjacent to an activating group) is 1. The van der Waals surface area contributed by atoms with Crippen LogP contribution in [0.25, 0.3) is 10.9 Å². The van der Waals surface area contributed by atoms with Gasteiger partial charge in [-0.15, -0.1) is 0 Å². The fourth-order valence-electron chi connectivity index (χ4n) is 5.81. The number of fused-ring (bicyclic) bond motifs is 1. The number of nitrogens with one attached hydrogen (secondary N) is 2. The molecule has 3 aromatic rings. The molecule has 0 spiro atoms.